The van der Waals surface area contributed by atoms with Gasteiger partial charge in [-0.25, -0.2) is 19.9 Å². The third-order valence-electron chi connectivity index (χ3n) is 10.1. The maximum atomic E-state index is 6.57. The van der Waals surface area contributed by atoms with E-state index in [9.17, 15) is 0 Å². The molecule has 0 aliphatic carbocycles. The first-order chi connectivity index (χ1) is 27.2. The molecule has 10 rings (SSSR count). The molecular weight excluding hydrogens is 673 g/mol. The quantitative estimate of drug-likeness (QED) is 0.165. The van der Waals surface area contributed by atoms with E-state index in [2.05, 4.69) is 164 Å². The molecule has 0 spiro atoms. The molecule has 0 aliphatic heterocycles. The van der Waals surface area contributed by atoms with Crippen LogP contribution in [-0.4, -0.2) is 19.9 Å². The highest BCUT2D eigenvalue weighted by molar-refractivity contribution is 6.14. The second-order valence-electron chi connectivity index (χ2n) is 13.5. The minimum absolute atomic E-state index is 0.531. The Hall–Kier alpha value is -7.50. The van der Waals surface area contributed by atoms with Gasteiger partial charge in [-0.15, -0.1) is 0 Å². The minimum atomic E-state index is 0.531. The fraction of sp³-hybridized carbons (Fsp3) is 0. The molecule has 5 nitrogen and oxygen atoms in total. The minimum Gasteiger partial charge on any atom is -0.437 e. The van der Waals surface area contributed by atoms with Crippen LogP contribution in [0.5, 0.6) is 0 Å². The van der Waals surface area contributed by atoms with E-state index in [1.54, 1.807) is 6.20 Å². The number of pyridine rings is 1. The van der Waals surface area contributed by atoms with E-state index < -0.39 is 0 Å². The first kappa shape index (κ1) is 32.2. The summed E-state index contributed by atoms with van der Waals surface area (Å²) < 4.78 is 6.57. The van der Waals surface area contributed by atoms with Gasteiger partial charge in [-0.1, -0.05) is 182 Å². The largest absolute Gasteiger partial charge is 0.437 e. The molecule has 7 aromatic carbocycles. The first-order valence-electron chi connectivity index (χ1n) is 18.3. The molecule has 0 fully saturated rings. The van der Waals surface area contributed by atoms with Gasteiger partial charge in [0, 0.05) is 33.8 Å². The Kier molecular flexibility index (Phi) is 8.08. The van der Waals surface area contributed by atoms with Crippen LogP contribution >= 0.6 is 0 Å². The summed E-state index contributed by atoms with van der Waals surface area (Å²) in [5.41, 5.74) is 12.9. The normalized spacial score (nSPS) is 11.3. The van der Waals surface area contributed by atoms with Gasteiger partial charge in [0.2, 0.25) is 5.71 Å². The lowest BCUT2D eigenvalue weighted by atomic mass is 9.98. The van der Waals surface area contributed by atoms with E-state index in [-0.39, 0.29) is 0 Å². The van der Waals surface area contributed by atoms with Crippen molar-refractivity contribution in [2.75, 3.05) is 0 Å². The number of hydrogen-bond donors (Lipinski definition) is 0. The average Bonchev–Trinajstić information content (AvgIpc) is 3.67. The molecule has 0 aliphatic rings. The molecule has 3 aromatic heterocycles. The third-order valence-corrected chi connectivity index (χ3v) is 10.1. The monoisotopic (exact) mass is 704 g/mol. The van der Waals surface area contributed by atoms with E-state index in [4.69, 9.17) is 24.4 Å². The van der Waals surface area contributed by atoms with E-state index in [0.29, 0.717) is 23.2 Å². The predicted octanol–water partition coefficient (Wildman–Crippen LogP) is 12.8. The summed E-state index contributed by atoms with van der Waals surface area (Å²) in [6, 6.07) is 64.7. The van der Waals surface area contributed by atoms with Crippen LogP contribution < -0.4 is 0 Å². The van der Waals surface area contributed by atoms with Crippen LogP contribution in [0.3, 0.4) is 0 Å². The smallest absolute Gasteiger partial charge is 0.228 e. The molecule has 0 radical (unpaired) electrons. The van der Waals surface area contributed by atoms with Crippen LogP contribution in [0.15, 0.2) is 199 Å². The Morgan fingerprint density at radius 2 is 0.727 bits per heavy atom. The number of hydrogen-bond acceptors (Lipinski definition) is 5. The summed E-state index contributed by atoms with van der Waals surface area (Å²) in [6.45, 7) is 0. The van der Waals surface area contributed by atoms with E-state index in [1.165, 1.54) is 5.56 Å². The Morgan fingerprint density at radius 1 is 0.309 bits per heavy atom. The zero-order valence-electron chi connectivity index (χ0n) is 29.7. The molecule has 0 N–H and O–H groups in total. The molecule has 0 amide bonds. The molecule has 0 saturated heterocycles. The molecule has 0 bridgehead atoms. The fourth-order valence-corrected chi connectivity index (χ4v) is 7.25. The van der Waals surface area contributed by atoms with Gasteiger partial charge in [0.05, 0.1) is 5.39 Å². The van der Waals surface area contributed by atoms with Gasteiger partial charge in [-0.2, -0.15) is 0 Å². The highest BCUT2D eigenvalue weighted by atomic mass is 16.3. The lowest BCUT2D eigenvalue weighted by Crippen LogP contribution is -2.00. The second kappa shape index (κ2) is 13.8. The molecule has 0 unspecified atom stereocenters. The van der Waals surface area contributed by atoms with Gasteiger partial charge >= 0.3 is 0 Å². The Morgan fingerprint density at radius 3 is 1.22 bits per heavy atom. The van der Waals surface area contributed by atoms with Gasteiger partial charge in [0.15, 0.2) is 17.5 Å². The molecule has 258 valence electrons. The Balaban J connectivity index is 1.10. The van der Waals surface area contributed by atoms with Crippen molar-refractivity contribution in [3.8, 4) is 78.7 Å². The van der Waals surface area contributed by atoms with Gasteiger partial charge < -0.3 is 4.42 Å². The van der Waals surface area contributed by atoms with Gasteiger partial charge in [-0.3, -0.25) is 0 Å². The highest BCUT2D eigenvalue weighted by Crippen LogP contribution is 2.40. The number of benzene rings is 7. The summed E-state index contributed by atoms with van der Waals surface area (Å²) in [6.07, 6.45) is 1.76. The first-order valence-corrected chi connectivity index (χ1v) is 18.3. The topological polar surface area (TPSA) is 64.7 Å². The standard InChI is InChI=1S/C50H32N4O/c1-4-11-33(12-5-1)36-19-25-39(26-20-36)42-17-10-18-43-45-44(31-32-51-50(45)55-46(42)43)49-53-47(40-27-21-37(22-28-40)34-13-6-2-7-14-34)52-48(54-49)41-29-23-38(24-30-41)35-15-8-3-9-16-35/h1-32H. The Bertz CT molecular complexity index is 2820. The van der Waals surface area contributed by atoms with Crippen LogP contribution in [0.2, 0.25) is 0 Å². The summed E-state index contributed by atoms with van der Waals surface area (Å²) >= 11 is 0. The molecular formula is C50H32N4O. The van der Waals surface area contributed by atoms with Crippen molar-refractivity contribution in [3.05, 3.63) is 194 Å². The molecule has 0 atom stereocenters. The summed E-state index contributed by atoms with van der Waals surface area (Å²) in [4.78, 5) is 20.0. The Labute approximate surface area is 318 Å². The van der Waals surface area contributed by atoms with E-state index >= 15 is 0 Å². The number of aromatic nitrogens is 4. The highest BCUT2D eigenvalue weighted by Gasteiger charge is 2.20. The average molecular weight is 705 g/mol. The lowest BCUT2D eigenvalue weighted by molar-refractivity contribution is 0.655. The van der Waals surface area contributed by atoms with Crippen LogP contribution in [0, 0.1) is 0 Å². The molecule has 5 heteroatoms. The maximum Gasteiger partial charge on any atom is 0.228 e. The summed E-state index contributed by atoms with van der Waals surface area (Å²) in [5, 5.41) is 1.81. The molecule has 55 heavy (non-hydrogen) atoms. The van der Waals surface area contributed by atoms with Crippen molar-refractivity contribution in [3.63, 3.8) is 0 Å². The van der Waals surface area contributed by atoms with Gasteiger partial charge in [0.25, 0.3) is 0 Å². The van der Waals surface area contributed by atoms with Crippen LogP contribution in [0.25, 0.3) is 101 Å². The number of nitrogens with zero attached hydrogens (tertiary/aromatic N) is 4. The van der Waals surface area contributed by atoms with Crippen LogP contribution in [0.1, 0.15) is 0 Å². The van der Waals surface area contributed by atoms with Crippen molar-refractivity contribution >= 4 is 22.1 Å². The summed E-state index contributed by atoms with van der Waals surface area (Å²) in [7, 11) is 0. The second-order valence-corrected chi connectivity index (χ2v) is 13.5. The van der Waals surface area contributed by atoms with Crippen LogP contribution in [0.4, 0.5) is 0 Å². The third kappa shape index (κ3) is 6.14. The predicted molar refractivity (Wildman–Crippen MR) is 223 cm³/mol. The summed E-state index contributed by atoms with van der Waals surface area (Å²) in [5.74, 6) is 1.72. The van der Waals surface area contributed by atoms with Crippen molar-refractivity contribution in [1.29, 1.82) is 0 Å². The van der Waals surface area contributed by atoms with E-state index in [1.807, 2.05) is 24.3 Å². The number of furan rings is 1. The van der Waals surface area contributed by atoms with Gasteiger partial charge in [-0.05, 0) is 45.0 Å². The van der Waals surface area contributed by atoms with Crippen LogP contribution in [-0.2, 0) is 0 Å². The van der Waals surface area contributed by atoms with Crippen molar-refractivity contribution in [1.82, 2.24) is 19.9 Å². The molecule has 3 heterocycles. The van der Waals surface area contributed by atoms with Crippen molar-refractivity contribution < 1.29 is 4.42 Å². The number of rotatable bonds is 7. The number of para-hydroxylation sites is 1. The van der Waals surface area contributed by atoms with Crippen molar-refractivity contribution in [2.24, 2.45) is 0 Å². The maximum absolute atomic E-state index is 6.57. The molecule has 10 aromatic rings. The zero-order chi connectivity index (χ0) is 36.6. The molecule has 0 saturated carbocycles. The lowest BCUT2D eigenvalue weighted by Gasteiger charge is -2.10. The van der Waals surface area contributed by atoms with E-state index in [0.717, 1.165) is 72.0 Å². The number of fused-ring (bicyclic) bond motifs is 3. The van der Waals surface area contributed by atoms with Gasteiger partial charge in [0.1, 0.15) is 5.58 Å². The van der Waals surface area contributed by atoms with Crippen molar-refractivity contribution in [2.45, 2.75) is 0 Å². The fourth-order valence-electron chi connectivity index (χ4n) is 7.25. The SMILES string of the molecule is c1ccc(-c2ccc(-c3nc(-c4ccc(-c5ccccc5)cc4)nc(-c4ccnc5oc6c(-c7ccc(-c8ccccc8)cc7)cccc6c45)n3)cc2)cc1. The zero-order valence-corrected chi connectivity index (χ0v) is 29.7.